The zero-order chi connectivity index (χ0) is 26.4. The Kier molecular flexibility index (Phi) is 9.08. The average molecular weight is 528 g/mol. The molecule has 0 saturated carbocycles. The second kappa shape index (κ2) is 12.3. The summed E-state index contributed by atoms with van der Waals surface area (Å²) in [6.45, 7) is 4.15. The van der Waals surface area contributed by atoms with Gasteiger partial charge in [-0.2, -0.15) is 8.42 Å². The van der Waals surface area contributed by atoms with Crippen LogP contribution in [0.1, 0.15) is 30.4 Å². The third-order valence-electron chi connectivity index (χ3n) is 7.04. The first-order chi connectivity index (χ1) is 17.8. The first-order valence-electron chi connectivity index (χ1n) is 12.8. The van der Waals surface area contributed by atoms with Crippen LogP contribution in [0.3, 0.4) is 0 Å². The Morgan fingerprint density at radius 1 is 1.00 bits per heavy atom. The Hall–Kier alpha value is -2.65. The van der Waals surface area contributed by atoms with Gasteiger partial charge in [0.05, 0.1) is 31.8 Å². The minimum atomic E-state index is -3.79. The molecule has 200 valence electrons. The van der Waals surface area contributed by atoms with E-state index in [1.165, 1.54) is 0 Å². The molecule has 7 nitrogen and oxygen atoms in total. The molecule has 1 fully saturated rings. The monoisotopic (exact) mass is 527 g/mol. The lowest BCUT2D eigenvalue weighted by molar-refractivity contribution is 0.101. The van der Waals surface area contributed by atoms with E-state index in [9.17, 15) is 13.5 Å². The van der Waals surface area contributed by atoms with Crippen molar-refractivity contribution in [3.63, 3.8) is 0 Å². The third-order valence-corrected chi connectivity index (χ3v) is 8.33. The van der Waals surface area contributed by atoms with E-state index in [0.29, 0.717) is 31.0 Å². The van der Waals surface area contributed by atoms with Crippen molar-refractivity contribution in [3.8, 4) is 11.5 Å². The molecule has 0 aromatic heterocycles. The van der Waals surface area contributed by atoms with Crippen LogP contribution in [-0.2, 0) is 20.7 Å². The highest BCUT2D eigenvalue weighted by molar-refractivity contribution is 7.86. The minimum Gasteiger partial charge on any atom is -0.493 e. The largest absolute Gasteiger partial charge is 0.493 e. The molecule has 2 unspecified atom stereocenters. The Bertz CT molecular complexity index is 1290. The maximum absolute atomic E-state index is 12.6. The molecule has 0 amide bonds. The lowest BCUT2D eigenvalue weighted by atomic mass is 9.98. The summed E-state index contributed by atoms with van der Waals surface area (Å²) >= 11 is 0. The van der Waals surface area contributed by atoms with Crippen molar-refractivity contribution in [3.05, 3.63) is 65.7 Å². The average Bonchev–Trinajstić information content (AvgIpc) is 3.12. The minimum absolute atomic E-state index is 0.0872. The van der Waals surface area contributed by atoms with Crippen LogP contribution in [0.4, 0.5) is 0 Å². The summed E-state index contributed by atoms with van der Waals surface area (Å²) in [5, 5.41) is 13.0. The summed E-state index contributed by atoms with van der Waals surface area (Å²) in [4.78, 5) is 2.42. The van der Waals surface area contributed by atoms with Crippen molar-refractivity contribution in [2.24, 2.45) is 5.92 Å². The number of rotatable bonds is 10. The molecule has 1 aliphatic rings. The predicted molar refractivity (Wildman–Crippen MR) is 145 cm³/mol. The van der Waals surface area contributed by atoms with Gasteiger partial charge in [0.1, 0.15) is 0 Å². The molecule has 2 atom stereocenters. The van der Waals surface area contributed by atoms with Crippen LogP contribution in [0, 0.1) is 12.8 Å². The molecule has 4 rings (SSSR count). The van der Waals surface area contributed by atoms with Crippen molar-refractivity contribution >= 4 is 20.9 Å². The Morgan fingerprint density at radius 2 is 1.78 bits per heavy atom. The SMILES string of the molecule is COc1ccc2c(CC(O)CN3CCCCC(COS(=O)(=O)c4ccc(C)cc4)C3)cccc2c1OC. The van der Waals surface area contributed by atoms with Gasteiger partial charge >= 0.3 is 0 Å². The first-order valence-corrected chi connectivity index (χ1v) is 14.2. The van der Waals surface area contributed by atoms with E-state index in [2.05, 4.69) is 4.90 Å². The van der Waals surface area contributed by atoms with Crippen LogP contribution < -0.4 is 9.47 Å². The summed E-state index contributed by atoms with van der Waals surface area (Å²) in [5.41, 5.74) is 2.05. The molecule has 1 N–H and O–H groups in total. The summed E-state index contributed by atoms with van der Waals surface area (Å²) in [5.74, 6) is 1.45. The lowest BCUT2D eigenvalue weighted by Gasteiger charge is -2.26. The number of hydrogen-bond acceptors (Lipinski definition) is 7. The van der Waals surface area contributed by atoms with Crippen molar-refractivity contribution in [2.45, 2.75) is 43.6 Å². The number of likely N-dealkylation sites (tertiary alicyclic amines) is 1. The van der Waals surface area contributed by atoms with Crippen LogP contribution in [0.25, 0.3) is 10.8 Å². The van der Waals surface area contributed by atoms with E-state index in [-0.39, 0.29) is 17.4 Å². The Morgan fingerprint density at radius 3 is 2.51 bits per heavy atom. The zero-order valence-electron chi connectivity index (χ0n) is 21.9. The van der Waals surface area contributed by atoms with Gasteiger partial charge in [-0.05, 0) is 61.4 Å². The van der Waals surface area contributed by atoms with Gasteiger partial charge < -0.3 is 19.5 Å². The van der Waals surface area contributed by atoms with Crippen LogP contribution in [0.5, 0.6) is 11.5 Å². The van der Waals surface area contributed by atoms with Crippen molar-refractivity contribution < 1.29 is 27.2 Å². The number of aliphatic hydroxyl groups excluding tert-OH is 1. The number of nitrogens with zero attached hydrogens (tertiary/aromatic N) is 1. The van der Waals surface area contributed by atoms with Gasteiger partial charge in [0.2, 0.25) is 0 Å². The van der Waals surface area contributed by atoms with Gasteiger partial charge in [-0.3, -0.25) is 4.18 Å². The van der Waals surface area contributed by atoms with Crippen LogP contribution >= 0.6 is 0 Å². The summed E-state index contributed by atoms with van der Waals surface area (Å²) < 4.78 is 41.7. The van der Waals surface area contributed by atoms with Crippen LogP contribution in [-0.4, -0.2) is 65.0 Å². The molecule has 3 aromatic rings. The Balaban J connectivity index is 1.38. The number of methoxy groups -OCH3 is 2. The molecular weight excluding hydrogens is 490 g/mol. The number of hydrogen-bond donors (Lipinski definition) is 1. The molecule has 3 aromatic carbocycles. The number of aryl methyl sites for hydroxylation is 1. The van der Waals surface area contributed by atoms with Crippen LogP contribution in [0.2, 0.25) is 0 Å². The second-order valence-electron chi connectivity index (χ2n) is 9.84. The number of fused-ring (bicyclic) bond motifs is 1. The van der Waals surface area contributed by atoms with Crippen molar-refractivity contribution in [2.75, 3.05) is 40.5 Å². The van der Waals surface area contributed by atoms with E-state index in [4.69, 9.17) is 13.7 Å². The third kappa shape index (κ3) is 6.82. The first kappa shape index (κ1) is 27.4. The molecule has 0 radical (unpaired) electrons. The van der Waals surface area contributed by atoms with Gasteiger partial charge in [0.25, 0.3) is 10.1 Å². The highest BCUT2D eigenvalue weighted by Gasteiger charge is 2.24. The van der Waals surface area contributed by atoms with Gasteiger partial charge in [0, 0.05) is 24.9 Å². The molecule has 1 heterocycles. The number of ether oxygens (including phenoxy) is 2. The molecule has 0 bridgehead atoms. The molecule has 1 aliphatic heterocycles. The van der Waals surface area contributed by atoms with E-state index in [1.807, 2.05) is 37.3 Å². The van der Waals surface area contributed by atoms with Crippen molar-refractivity contribution in [1.82, 2.24) is 4.90 Å². The van der Waals surface area contributed by atoms with Gasteiger partial charge in [-0.15, -0.1) is 0 Å². The molecule has 8 heteroatoms. The zero-order valence-corrected chi connectivity index (χ0v) is 22.7. The predicted octanol–water partition coefficient (Wildman–Crippen LogP) is 4.58. The summed E-state index contributed by atoms with van der Waals surface area (Å²) in [6, 6.07) is 16.6. The summed E-state index contributed by atoms with van der Waals surface area (Å²) in [7, 11) is -0.539. The fourth-order valence-electron chi connectivity index (χ4n) is 5.12. The molecule has 0 aliphatic carbocycles. The van der Waals surface area contributed by atoms with E-state index in [0.717, 1.165) is 47.7 Å². The van der Waals surface area contributed by atoms with Gasteiger partial charge in [0.15, 0.2) is 11.5 Å². The normalized spacial score (nSPS) is 17.9. The summed E-state index contributed by atoms with van der Waals surface area (Å²) in [6.07, 6.45) is 2.87. The molecule has 1 saturated heterocycles. The van der Waals surface area contributed by atoms with Gasteiger partial charge in [-0.25, -0.2) is 0 Å². The topological polar surface area (TPSA) is 85.3 Å². The number of aliphatic hydroxyl groups is 1. The Labute approximate surface area is 220 Å². The standard InChI is InChI=1S/C29H37NO6S/c1-21-10-12-25(13-11-21)37(32,33)36-20-22-7-4-5-16-30(18-22)19-24(31)17-23-8-6-9-27-26(23)14-15-28(34-2)29(27)35-3/h6,8-15,22,24,31H,4-5,7,16-20H2,1-3H3. The van der Waals surface area contributed by atoms with Crippen molar-refractivity contribution in [1.29, 1.82) is 0 Å². The molecule has 37 heavy (non-hydrogen) atoms. The maximum Gasteiger partial charge on any atom is 0.296 e. The molecular formula is C29H37NO6S. The quantitative estimate of drug-likeness (QED) is 0.387. The second-order valence-corrected chi connectivity index (χ2v) is 11.5. The maximum atomic E-state index is 12.6. The van der Waals surface area contributed by atoms with Crippen LogP contribution in [0.15, 0.2) is 59.5 Å². The van der Waals surface area contributed by atoms with Gasteiger partial charge in [-0.1, -0.05) is 48.4 Å². The lowest BCUT2D eigenvalue weighted by Crippen LogP contribution is -2.37. The fraction of sp³-hybridized carbons (Fsp3) is 0.448. The highest BCUT2D eigenvalue weighted by atomic mass is 32.2. The number of benzene rings is 3. The van der Waals surface area contributed by atoms with E-state index >= 15 is 0 Å². The highest BCUT2D eigenvalue weighted by Crippen LogP contribution is 2.37. The van der Waals surface area contributed by atoms with E-state index in [1.54, 1.807) is 38.5 Å². The fourth-order valence-corrected chi connectivity index (χ4v) is 6.09. The number of β-amino-alcohol motifs (C(OH)–C–C–N with tert-alkyl or cyclic N) is 1. The molecule has 0 spiro atoms. The smallest absolute Gasteiger partial charge is 0.296 e. The van der Waals surface area contributed by atoms with E-state index < -0.39 is 16.2 Å².